The van der Waals surface area contributed by atoms with Crippen LogP contribution in [0.1, 0.15) is 49.0 Å². The predicted molar refractivity (Wildman–Crippen MR) is 84.9 cm³/mol. The Bertz CT molecular complexity index is 552. The van der Waals surface area contributed by atoms with Crippen LogP contribution < -0.4 is 5.73 Å². The van der Waals surface area contributed by atoms with Gasteiger partial charge in [0.15, 0.2) is 5.82 Å². The van der Waals surface area contributed by atoms with Gasteiger partial charge in [0.1, 0.15) is 0 Å². The van der Waals surface area contributed by atoms with Crippen LogP contribution in [-0.4, -0.2) is 15.4 Å². The van der Waals surface area contributed by atoms with Gasteiger partial charge in [0.05, 0.1) is 11.8 Å². The molecule has 0 amide bonds. The molecule has 1 aromatic heterocycles. The first-order chi connectivity index (χ1) is 10.3. The summed E-state index contributed by atoms with van der Waals surface area (Å²) in [4.78, 5) is 4.44. The van der Waals surface area contributed by atoms with E-state index in [0.29, 0.717) is 5.89 Å². The van der Waals surface area contributed by atoms with Crippen molar-refractivity contribution in [1.29, 1.82) is 0 Å². The van der Waals surface area contributed by atoms with Crippen molar-refractivity contribution in [2.45, 2.75) is 49.1 Å². The number of nitrogens with two attached hydrogens (primary N) is 1. The topological polar surface area (TPSA) is 64.9 Å². The summed E-state index contributed by atoms with van der Waals surface area (Å²) in [7, 11) is 0. The van der Waals surface area contributed by atoms with E-state index >= 15 is 0 Å². The molecule has 0 radical (unpaired) electrons. The molecule has 0 bridgehead atoms. The van der Waals surface area contributed by atoms with Gasteiger partial charge in [-0.15, -0.1) is 0 Å². The van der Waals surface area contributed by atoms with E-state index in [1.54, 1.807) is 0 Å². The van der Waals surface area contributed by atoms with E-state index in [0.717, 1.165) is 23.2 Å². The zero-order valence-electron chi connectivity index (χ0n) is 12.1. The first-order valence-corrected chi connectivity index (χ1v) is 8.60. The third-order valence-electron chi connectivity index (χ3n) is 3.85. The number of hydrogen-bond donors (Lipinski definition) is 1. The van der Waals surface area contributed by atoms with Crippen LogP contribution in [0.25, 0.3) is 0 Å². The van der Waals surface area contributed by atoms with Gasteiger partial charge in [-0.1, -0.05) is 48.3 Å². The van der Waals surface area contributed by atoms with Gasteiger partial charge in [-0.25, -0.2) is 0 Å². The lowest BCUT2D eigenvalue weighted by Gasteiger charge is -2.06. The number of aromatic nitrogens is 2. The Morgan fingerprint density at radius 1 is 1.24 bits per heavy atom. The summed E-state index contributed by atoms with van der Waals surface area (Å²) in [5.41, 5.74) is 7.34. The molecule has 2 N–H and O–H groups in total. The average Bonchev–Trinajstić information content (AvgIpc) is 3.18. The van der Waals surface area contributed by atoms with Crippen molar-refractivity contribution in [3.05, 3.63) is 47.6 Å². The molecule has 5 heteroatoms. The van der Waals surface area contributed by atoms with Crippen LogP contribution in [-0.2, 0) is 12.2 Å². The summed E-state index contributed by atoms with van der Waals surface area (Å²) in [6.07, 6.45) is 6.08. The van der Waals surface area contributed by atoms with Crippen LogP contribution in [0, 0.1) is 0 Å². The minimum absolute atomic E-state index is 0.231. The van der Waals surface area contributed by atoms with Gasteiger partial charge < -0.3 is 10.3 Å². The van der Waals surface area contributed by atoms with Gasteiger partial charge in [-0.2, -0.15) is 16.7 Å². The zero-order valence-corrected chi connectivity index (χ0v) is 12.9. The molecule has 1 heterocycles. The Hall–Kier alpha value is -1.33. The van der Waals surface area contributed by atoms with E-state index < -0.39 is 0 Å². The Morgan fingerprint density at radius 2 is 2.00 bits per heavy atom. The fourth-order valence-electron chi connectivity index (χ4n) is 2.68. The smallest absolute Gasteiger partial charge is 0.243 e. The van der Waals surface area contributed by atoms with E-state index in [9.17, 15) is 0 Å². The van der Waals surface area contributed by atoms with Gasteiger partial charge in [0.25, 0.3) is 0 Å². The third kappa shape index (κ3) is 4.08. The summed E-state index contributed by atoms with van der Waals surface area (Å²) < 4.78 is 5.31. The Balaban J connectivity index is 1.53. The van der Waals surface area contributed by atoms with E-state index in [2.05, 4.69) is 22.3 Å². The molecule has 1 unspecified atom stereocenters. The van der Waals surface area contributed by atoms with E-state index in [1.807, 2.05) is 30.0 Å². The summed E-state index contributed by atoms with van der Waals surface area (Å²) in [5.74, 6) is 2.14. The number of thioether (sulfide) groups is 1. The molecule has 1 aromatic carbocycles. The van der Waals surface area contributed by atoms with E-state index in [4.69, 9.17) is 10.3 Å². The Kier molecular flexibility index (Phi) is 4.93. The quantitative estimate of drug-likeness (QED) is 0.885. The molecule has 112 valence electrons. The van der Waals surface area contributed by atoms with Crippen LogP contribution in [0.15, 0.2) is 34.9 Å². The van der Waals surface area contributed by atoms with Gasteiger partial charge in [-0.3, -0.25) is 0 Å². The summed E-state index contributed by atoms with van der Waals surface area (Å²) in [5, 5.41) is 4.82. The Morgan fingerprint density at radius 3 is 2.76 bits per heavy atom. The Labute approximate surface area is 129 Å². The molecular formula is C16H21N3OS. The minimum Gasteiger partial charge on any atom is -0.338 e. The van der Waals surface area contributed by atoms with Gasteiger partial charge in [-0.05, 0) is 24.8 Å². The second kappa shape index (κ2) is 7.09. The van der Waals surface area contributed by atoms with Gasteiger partial charge in [0.2, 0.25) is 5.89 Å². The highest BCUT2D eigenvalue weighted by Gasteiger charge is 2.18. The highest BCUT2D eigenvalue weighted by atomic mass is 32.2. The molecule has 1 atom stereocenters. The fourth-order valence-corrected chi connectivity index (χ4v) is 3.85. The van der Waals surface area contributed by atoms with Crippen molar-refractivity contribution in [2.75, 3.05) is 0 Å². The molecule has 1 aliphatic rings. The van der Waals surface area contributed by atoms with Gasteiger partial charge in [0, 0.05) is 5.25 Å². The lowest BCUT2D eigenvalue weighted by atomic mass is 10.1. The summed E-state index contributed by atoms with van der Waals surface area (Å²) >= 11 is 1.94. The number of nitrogens with zero attached hydrogens (tertiary/aromatic N) is 2. The molecule has 0 spiro atoms. The molecule has 1 saturated carbocycles. The van der Waals surface area contributed by atoms with Crippen LogP contribution in [0.2, 0.25) is 0 Å². The van der Waals surface area contributed by atoms with Crippen LogP contribution in [0.3, 0.4) is 0 Å². The van der Waals surface area contributed by atoms with Crippen molar-refractivity contribution in [2.24, 2.45) is 5.73 Å². The van der Waals surface area contributed by atoms with E-state index in [1.165, 1.54) is 31.2 Å². The fraction of sp³-hybridized carbons (Fsp3) is 0.500. The van der Waals surface area contributed by atoms with Crippen molar-refractivity contribution in [3.63, 3.8) is 0 Å². The molecular weight excluding hydrogens is 282 g/mol. The van der Waals surface area contributed by atoms with Crippen LogP contribution >= 0.6 is 11.8 Å². The third-order valence-corrected chi connectivity index (χ3v) is 5.22. The summed E-state index contributed by atoms with van der Waals surface area (Å²) in [6.45, 7) is 0. The summed E-state index contributed by atoms with van der Waals surface area (Å²) in [6, 6.07) is 9.92. The molecule has 21 heavy (non-hydrogen) atoms. The maximum Gasteiger partial charge on any atom is 0.243 e. The van der Waals surface area contributed by atoms with E-state index in [-0.39, 0.29) is 6.04 Å². The molecule has 1 fully saturated rings. The largest absolute Gasteiger partial charge is 0.338 e. The SMILES string of the molecule is NC(Cc1ccccc1)c1nc(CSC2CCCC2)no1. The number of rotatable bonds is 6. The van der Waals surface area contributed by atoms with Crippen LogP contribution in [0.5, 0.6) is 0 Å². The lowest BCUT2D eigenvalue weighted by molar-refractivity contribution is 0.351. The molecule has 3 rings (SSSR count). The van der Waals surface area contributed by atoms with Crippen molar-refractivity contribution < 1.29 is 4.52 Å². The maximum atomic E-state index is 6.16. The molecule has 4 nitrogen and oxygen atoms in total. The monoisotopic (exact) mass is 303 g/mol. The van der Waals surface area contributed by atoms with Gasteiger partial charge >= 0.3 is 0 Å². The van der Waals surface area contributed by atoms with Crippen molar-refractivity contribution in [3.8, 4) is 0 Å². The molecule has 0 saturated heterocycles. The maximum absolute atomic E-state index is 6.16. The normalized spacial score (nSPS) is 17.2. The first kappa shape index (κ1) is 14.6. The number of benzene rings is 1. The average molecular weight is 303 g/mol. The standard InChI is InChI=1S/C16H21N3OS/c17-14(10-12-6-2-1-3-7-12)16-18-15(19-20-16)11-21-13-8-4-5-9-13/h1-3,6-7,13-14H,4-5,8-11,17H2. The lowest BCUT2D eigenvalue weighted by Crippen LogP contribution is -2.13. The highest BCUT2D eigenvalue weighted by Crippen LogP contribution is 2.31. The second-order valence-electron chi connectivity index (χ2n) is 5.56. The highest BCUT2D eigenvalue weighted by molar-refractivity contribution is 7.99. The molecule has 2 aromatic rings. The molecule has 0 aliphatic heterocycles. The van der Waals surface area contributed by atoms with Crippen molar-refractivity contribution >= 4 is 11.8 Å². The van der Waals surface area contributed by atoms with Crippen LogP contribution in [0.4, 0.5) is 0 Å². The number of hydrogen-bond acceptors (Lipinski definition) is 5. The minimum atomic E-state index is -0.231. The first-order valence-electron chi connectivity index (χ1n) is 7.55. The second-order valence-corrected chi connectivity index (χ2v) is 6.85. The molecule has 1 aliphatic carbocycles. The van der Waals surface area contributed by atoms with Crippen molar-refractivity contribution in [1.82, 2.24) is 10.1 Å². The predicted octanol–water partition coefficient (Wildman–Crippen LogP) is 3.49. The zero-order chi connectivity index (χ0) is 14.5.